The predicted molar refractivity (Wildman–Crippen MR) is 206 cm³/mol. The summed E-state index contributed by atoms with van der Waals surface area (Å²) in [7, 11) is -15.7. The number of nitrogens with one attached hydrogen (secondary N) is 1. The summed E-state index contributed by atoms with van der Waals surface area (Å²) in [6.07, 6.45) is 0. The van der Waals surface area contributed by atoms with Crippen molar-refractivity contribution in [2.24, 2.45) is 30.7 Å². The zero-order chi connectivity index (χ0) is 42.9. The van der Waals surface area contributed by atoms with Crippen molar-refractivity contribution in [1.82, 2.24) is 0 Å². The molecule has 0 atom stereocenters. The number of nitrogens with two attached hydrogens (primary N) is 2. The van der Waals surface area contributed by atoms with Gasteiger partial charge in [-0.05, 0) is 102 Å². The van der Waals surface area contributed by atoms with E-state index in [4.69, 9.17) is 11.5 Å². The number of hydrogen-bond donors (Lipinski definition) is 5. The largest absolute Gasteiger partial charge is 1.00 e. The molecule has 7 N–H and O–H groups in total. The topological polar surface area (TPSA) is 367 Å². The van der Waals surface area contributed by atoms with Crippen LogP contribution >= 0.6 is 0 Å². The van der Waals surface area contributed by atoms with Gasteiger partial charge in [0.1, 0.15) is 53.2 Å². The number of nitrogens with zero attached hydrogens (tertiary/aromatic N) is 6. The summed E-state index contributed by atoms with van der Waals surface area (Å²) < 4.78 is 107. The number of amides is 1. The monoisotopic (exact) mass is 927 g/mol. The first kappa shape index (κ1) is 52.1. The molecule has 0 fully saturated rings. The first-order valence-corrected chi connectivity index (χ1v) is 20.4. The van der Waals surface area contributed by atoms with Crippen LogP contribution in [0.5, 0.6) is 11.5 Å². The van der Waals surface area contributed by atoms with E-state index in [0.29, 0.717) is 29.2 Å². The minimum absolute atomic E-state index is 0. The fraction of sp³-hybridized carbons (Fsp3) is 0. The minimum Gasteiger partial charge on any atom is -0.744 e. The third-order valence-corrected chi connectivity index (χ3v) is 10.6. The van der Waals surface area contributed by atoms with Gasteiger partial charge in [-0.25, -0.2) is 25.3 Å². The van der Waals surface area contributed by atoms with Gasteiger partial charge in [0.25, 0.3) is 5.91 Å². The molecular formula is C35H24N9Na3O12S3. The fourth-order valence-corrected chi connectivity index (χ4v) is 6.99. The number of phenols is 2. The summed E-state index contributed by atoms with van der Waals surface area (Å²) in [6, 6.07) is 21.0. The number of azo groups is 3. The van der Waals surface area contributed by atoms with Gasteiger partial charge >= 0.3 is 88.7 Å². The number of fused-ring (bicyclic) bond motifs is 1. The number of benzene rings is 6. The molecule has 27 heteroatoms. The maximum atomic E-state index is 12.9. The number of nitrogen functional groups attached to an aromatic ring is 2. The van der Waals surface area contributed by atoms with Crippen molar-refractivity contribution < 1.29 is 143 Å². The molecule has 0 aliphatic carbocycles. The van der Waals surface area contributed by atoms with Gasteiger partial charge < -0.3 is 40.7 Å². The number of carbonyl (C=O) groups excluding carboxylic acids is 1. The van der Waals surface area contributed by atoms with Gasteiger partial charge in [-0.3, -0.25) is 4.79 Å². The smallest absolute Gasteiger partial charge is 0.744 e. The van der Waals surface area contributed by atoms with Crippen LogP contribution in [0.4, 0.5) is 51.2 Å². The van der Waals surface area contributed by atoms with E-state index in [0.717, 1.165) is 24.3 Å². The van der Waals surface area contributed by atoms with Gasteiger partial charge in [-0.15, -0.1) is 15.3 Å². The zero-order valence-corrected chi connectivity index (χ0v) is 40.8. The molecule has 6 aromatic rings. The molecule has 0 unspecified atom stereocenters. The van der Waals surface area contributed by atoms with Gasteiger partial charge in [-0.2, -0.15) is 15.3 Å². The maximum Gasteiger partial charge on any atom is 1.00 e. The van der Waals surface area contributed by atoms with Crippen LogP contribution in [0.3, 0.4) is 0 Å². The Bertz CT molecular complexity index is 3110. The Labute approximate surface area is 418 Å². The van der Waals surface area contributed by atoms with Gasteiger partial charge in [0.15, 0.2) is 5.75 Å². The number of aromatic hydroxyl groups is 2. The van der Waals surface area contributed by atoms with Gasteiger partial charge in [-0.1, -0.05) is 0 Å². The third-order valence-electron chi connectivity index (χ3n) is 8.04. The standard InChI is InChI=1S/C35H27N9O12S3.3Na/c36-20-3-14-26(27(45)17-20)42-39-23-8-6-21(7-9-23)38-35(47)18-1-4-22(5-2-18)40-43-32-28(58(51,52)53)15-19-16-29(59(54,55)56)33(34(46)30(19)31(32)37)44-41-24-10-12-25(13-11-24)57(48,49)50;;;/h1-17,45-46H,36-37H2,(H,38,47)(H,48,49,50)(H,51,52,53)(H,54,55,56);;;/q;3*+1/p-3. The summed E-state index contributed by atoms with van der Waals surface area (Å²) in [5.41, 5.74) is 10.7. The van der Waals surface area contributed by atoms with Crippen LogP contribution in [0.2, 0.25) is 0 Å². The van der Waals surface area contributed by atoms with Crippen molar-refractivity contribution >= 4 is 98.2 Å². The van der Waals surface area contributed by atoms with Crippen molar-refractivity contribution in [3.05, 3.63) is 109 Å². The Morgan fingerprint density at radius 1 is 0.565 bits per heavy atom. The summed E-state index contributed by atoms with van der Waals surface area (Å²) >= 11 is 0. The normalized spacial score (nSPS) is 11.9. The summed E-state index contributed by atoms with van der Waals surface area (Å²) in [6.45, 7) is 0. The van der Waals surface area contributed by atoms with E-state index in [1.807, 2.05) is 0 Å². The molecule has 62 heavy (non-hydrogen) atoms. The van der Waals surface area contributed by atoms with Crippen molar-refractivity contribution in [3.8, 4) is 11.5 Å². The van der Waals surface area contributed by atoms with Gasteiger partial charge in [0.2, 0.25) is 0 Å². The van der Waals surface area contributed by atoms with E-state index in [9.17, 15) is 53.9 Å². The summed E-state index contributed by atoms with van der Waals surface area (Å²) in [5, 5.41) is 45.8. The number of rotatable bonds is 11. The van der Waals surface area contributed by atoms with Crippen LogP contribution in [0.25, 0.3) is 10.8 Å². The predicted octanol–water partition coefficient (Wildman–Crippen LogP) is -2.36. The first-order valence-electron chi connectivity index (χ1n) is 16.1. The maximum absolute atomic E-state index is 12.9. The Morgan fingerprint density at radius 3 is 1.53 bits per heavy atom. The Kier molecular flexibility index (Phi) is 17.6. The van der Waals surface area contributed by atoms with Crippen LogP contribution in [-0.2, 0) is 30.4 Å². The molecule has 21 nitrogen and oxygen atoms in total. The average molecular weight is 928 g/mol. The third kappa shape index (κ3) is 12.5. The second-order valence-electron chi connectivity index (χ2n) is 12.1. The quantitative estimate of drug-likeness (QED) is 0.0393. The average Bonchev–Trinajstić information content (AvgIpc) is 3.16. The molecule has 0 aromatic heterocycles. The van der Waals surface area contributed by atoms with E-state index in [2.05, 4.69) is 36.0 Å². The van der Waals surface area contributed by atoms with Crippen LogP contribution in [-0.4, -0.2) is 55.0 Å². The van der Waals surface area contributed by atoms with Crippen molar-refractivity contribution in [2.75, 3.05) is 16.8 Å². The van der Waals surface area contributed by atoms with Crippen LogP contribution in [0, 0.1) is 0 Å². The number of phenolic OH excluding ortho intramolecular Hbond substituents is 2. The van der Waals surface area contributed by atoms with Crippen LogP contribution in [0.1, 0.15) is 10.4 Å². The molecule has 0 aliphatic rings. The van der Waals surface area contributed by atoms with Gasteiger partial charge in [0, 0.05) is 23.0 Å². The summed E-state index contributed by atoms with van der Waals surface area (Å²) in [4.78, 5) is 10.00. The van der Waals surface area contributed by atoms with Gasteiger partial charge in [0.05, 0.1) is 42.8 Å². The number of anilines is 3. The summed E-state index contributed by atoms with van der Waals surface area (Å²) in [5.74, 6) is -1.79. The SMILES string of the molecule is Nc1ccc(N=Nc2ccc(NC(=O)c3ccc(N=Nc4c(S(=O)(=O)[O-])cc5cc(S(=O)(=O)[O-])c(N=Nc6ccc(S(=O)(=O)[O-])cc6)c(O)c5c4N)cc3)cc2)c(O)c1.[Na+].[Na+].[Na+]. The molecule has 0 saturated heterocycles. The van der Waals surface area contributed by atoms with E-state index in [-0.39, 0.29) is 117 Å². The molecule has 6 aromatic carbocycles. The molecule has 0 radical (unpaired) electrons. The van der Waals surface area contributed by atoms with E-state index < -0.39 is 84.5 Å². The Hall–Kier alpha value is -4.22. The van der Waals surface area contributed by atoms with Crippen molar-refractivity contribution in [2.45, 2.75) is 14.7 Å². The molecule has 0 bridgehead atoms. The Morgan fingerprint density at radius 2 is 1.03 bits per heavy atom. The van der Waals surface area contributed by atoms with Crippen molar-refractivity contribution in [1.29, 1.82) is 0 Å². The first-order chi connectivity index (χ1) is 27.7. The zero-order valence-electron chi connectivity index (χ0n) is 32.4. The van der Waals surface area contributed by atoms with E-state index >= 15 is 0 Å². The molecule has 0 saturated carbocycles. The fourth-order valence-electron chi connectivity index (χ4n) is 5.22. The molecule has 0 heterocycles. The van der Waals surface area contributed by atoms with E-state index in [1.54, 1.807) is 30.3 Å². The molecule has 0 spiro atoms. The van der Waals surface area contributed by atoms with E-state index in [1.165, 1.54) is 36.4 Å². The number of carbonyl (C=O) groups is 1. The molecule has 6 rings (SSSR count). The second kappa shape index (κ2) is 21.0. The van der Waals surface area contributed by atoms with Crippen molar-refractivity contribution in [3.63, 3.8) is 0 Å². The molecule has 302 valence electrons. The van der Waals surface area contributed by atoms with Crippen LogP contribution < -0.4 is 105 Å². The molecule has 0 aliphatic heterocycles. The van der Waals surface area contributed by atoms with Crippen LogP contribution in [0.15, 0.2) is 149 Å². The minimum atomic E-state index is -5.48. The molecule has 1 amide bonds. The molecular weight excluding hydrogens is 904 g/mol. The number of hydrogen-bond acceptors (Lipinski definition) is 20. The second-order valence-corrected chi connectivity index (χ2v) is 16.1. The Balaban J connectivity index is 0.00000341.